The van der Waals surface area contributed by atoms with Crippen molar-refractivity contribution >= 4 is 23.2 Å². The summed E-state index contributed by atoms with van der Waals surface area (Å²) in [6.45, 7) is 2.94. The first-order chi connectivity index (χ1) is 12.2. The molecule has 0 bridgehead atoms. The standard InChI is InChI=1S/C19H22N2O3S/c1-3-13-20-19(25)21(24-14-15-7-5-4-6-8-15)18(22)16-9-11-17(23-2)12-10-16/h4-12H,3,13-14H2,1-2H3,(H,20,25). The fourth-order valence-electron chi connectivity index (χ4n) is 2.08. The Morgan fingerprint density at radius 2 is 1.80 bits per heavy atom. The van der Waals surface area contributed by atoms with Crippen molar-refractivity contribution in [3.05, 3.63) is 65.7 Å². The van der Waals surface area contributed by atoms with Gasteiger partial charge in [-0.05, 0) is 48.5 Å². The van der Waals surface area contributed by atoms with Crippen LogP contribution < -0.4 is 10.1 Å². The number of benzene rings is 2. The zero-order valence-electron chi connectivity index (χ0n) is 14.4. The molecule has 2 aromatic rings. The number of hydroxylamine groups is 2. The Hall–Kier alpha value is -2.44. The third kappa shape index (κ3) is 5.55. The van der Waals surface area contributed by atoms with Crippen molar-refractivity contribution in [2.45, 2.75) is 20.0 Å². The number of carbonyl (C=O) groups excluding carboxylic acids is 1. The summed E-state index contributed by atoms with van der Waals surface area (Å²) >= 11 is 5.33. The number of methoxy groups -OCH3 is 1. The van der Waals surface area contributed by atoms with Crippen molar-refractivity contribution in [2.75, 3.05) is 13.7 Å². The Balaban J connectivity index is 2.13. The van der Waals surface area contributed by atoms with Crippen molar-refractivity contribution < 1.29 is 14.4 Å². The van der Waals surface area contributed by atoms with Gasteiger partial charge in [-0.25, -0.2) is 0 Å². The molecular weight excluding hydrogens is 336 g/mol. The molecule has 6 heteroatoms. The number of nitrogens with zero attached hydrogens (tertiary/aromatic N) is 1. The van der Waals surface area contributed by atoms with E-state index < -0.39 is 0 Å². The van der Waals surface area contributed by atoms with Gasteiger partial charge in [0.15, 0.2) is 0 Å². The van der Waals surface area contributed by atoms with Crippen LogP contribution in [0.2, 0.25) is 0 Å². The second-order valence-corrected chi connectivity index (χ2v) is 5.71. The van der Waals surface area contributed by atoms with Crippen LogP contribution in [0.1, 0.15) is 29.3 Å². The highest BCUT2D eigenvalue weighted by Gasteiger charge is 2.21. The van der Waals surface area contributed by atoms with Gasteiger partial charge in [0.2, 0.25) is 5.11 Å². The fourth-order valence-corrected chi connectivity index (χ4v) is 2.32. The van der Waals surface area contributed by atoms with E-state index in [1.54, 1.807) is 31.4 Å². The molecule has 0 heterocycles. The highest BCUT2D eigenvalue weighted by atomic mass is 32.1. The minimum Gasteiger partial charge on any atom is -0.497 e. The molecule has 1 amide bonds. The molecule has 1 N–H and O–H groups in total. The third-order valence-electron chi connectivity index (χ3n) is 3.44. The molecule has 0 aliphatic rings. The molecule has 132 valence electrons. The largest absolute Gasteiger partial charge is 0.497 e. The Kier molecular flexibility index (Phi) is 7.37. The molecule has 0 radical (unpaired) electrons. The predicted octanol–water partition coefficient (Wildman–Crippen LogP) is 3.55. The van der Waals surface area contributed by atoms with Gasteiger partial charge in [-0.2, -0.15) is 5.06 Å². The summed E-state index contributed by atoms with van der Waals surface area (Å²) in [4.78, 5) is 18.5. The molecular formula is C19H22N2O3S. The van der Waals surface area contributed by atoms with Crippen LogP contribution in [0.15, 0.2) is 54.6 Å². The number of carbonyl (C=O) groups is 1. The van der Waals surface area contributed by atoms with E-state index in [9.17, 15) is 4.79 Å². The molecule has 2 aromatic carbocycles. The maximum absolute atomic E-state index is 12.8. The van der Waals surface area contributed by atoms with E-state index in [2.05, 4.69) is 5.32 Å². The summed E-state index contributed by atoms with van der Waals surface area (Å²) in [7, 11) is 1.58. The first-order valence-electron chi connectivity index (χ1n) is 8.09. The monoisotopic (exact) mass is 358 g/mol. The number of thiocarbonyl (C=S) groups is 1. The number of nitrogens with one attached hydrogen (secondary N) is 1. The van der Waals surface area contributed by atoms with Crippen LogP contribution in [0.3, 0.4) is 0 Å². The summed E-state index contributed by atoms with van der Waals surface area (Å²) in [5.41, 5.74) is 1.42. The van der Waals surface area contributed by atoms with Crippen LogP contribution in [0, 0.1) is 0 Å². The van der Waals surface area contributed by atoms with Gasteiger partial charge >= 0.3 is 0 Å². The highest BCUT2D eigenvalue weighted by molar-refractivity contribution is 7.80. The molecule has 0 atom stereocenters. The van der Waals surface area contributed by atoms with E-state index in [-0.39, 0.29) is 17.6 Å². The van der Waals surface area contributed by atoms with Crippen LogP contribution in [-0.4, -0.2) is 29.7 Å². The zero-order chi connectivity index (χ0) is 18.1. The molecule has 0 aliphatic carbocycles. The summed E-state index contributed by atoms with van der Waals surface area (Å²) < 4.78 is 5.12. The lowest BCUT2D eigenvalue weighted by molar-refractivity contribution is -0.0824. The molecule has 0 aromatic heterocycles. The minimum atomic E-state index is -0.327. The maximum atomic E-state index is 12.8. The molecule has 0 spiro atoms. The lowest BCUT2D eigenvalue weighted by Gasteiger charge is -2.23. The van der Waals surface area contributed by atoms with Crippen LogP contribution in [0.4, 0.5) is 0 Å². The number of ether oxygens (including phenoxy) is 1. The van der Waals surface area contributed by atoms with Crippen LogP contribution in [0.5, 0.6) is 5.75 Å². The second-order valence-electron chi connectivity index (χ2n) is 5.32. The van der Waals surface area contributed by atoms with Gasteiger partial charge in [0.05, 0.1) is 7.11 Å². The lowest BCUT2D eigenvalue weighted by Crippen LogP contribution is -2.43. The maximum Gasteiger partial charge on any atom is 0.284 e. The molecule has 0 fully saturated rings. The SMILES string of the molecule is CCCNC(=S)N(OCc1ccccc1)C(=O)c1ccc(OC)cc1. The van der Waals surface area contributed by atoms with E-state index in [0.29, 0.717) is 17.9 Å². The highest BCUT2D eigenvalue weighted by Crippen LogP contribution is 2.14. The van der Waals surface area contributed by atoms with Gasteiger partial charge in [0, 0.05) is 12.1 Å². The fraction of sp³-hybridized carbons (Fsp3) is 0.263. The van der Waals surface area contributed by atoms with Crippen molar-refractivity contribution in [3.63, 3.8) is 0 Å². The van der Waals surface area contributed by atoms with Gasteiger partial charge in [0.1, 0.15) is 12.4 Å². The van der Waals surface area contributed by atoms with Gasteiger partial charge in [0.25, 0.3) is 5.91 Å². The third-order valence-corrected chi connectivity index (χ3v) is 3.75. The van der Waals surface area contributed by atoms with Crippen molar-refractivity contribution in [2.24, 2.45) is 0 Å². The quantitative estimate of drug-likeness (QED) is 0.606. The number of hydrogen-bond donors (Lipinski definition) is 1. The zero-order valence-corrected chi connectivity index (χ0v) is 15.2. The Morgan fingerprint density at radius 3 is 2.40 bits per heavy atom. The average molecular weight is 358 g/mol. The van der Waals surface area contributed by atoms with Crippen LogP contribution >= 0.6 is 12.2 Å². The topological polar surface area (TPSA) is 50.8 Å². The Bertz CT molecular complexity index is 690. The Morgan fingerprint density at radius 1 is 1.12 bits per heavy atom. The minimum absolute atomic E-state index is 0.247. The van der Waals surface area contributed by atoms with Crippen LogP contribution in [0.25, 0.3) is 0 Å². The summed E-state index contributed by atoms with van der Waals surface area (Å²) in [6.07, 6.45) is 0.892. The van der Waals surface area contributed by atoms with Gasteiger partial charge in [-0.3, -0.25) is 9.63 Å². The van der Waals surface area contributed by atoms with Gasteiger partial charge < -0.3 is 10.1 Å². The predicted molar refractivity (Wildman–Crippen MR) is 101 cm³/mol. The summed E-state index contributed by atoms with van der Waals surface area (Å²) in [5.74, 6) is 0.354. The van der Waals surface area contributed by atoms with E-state index in [1.807, 2.05) is 37.3 Å². The van der Waals surface area contributed by atoms with E-state index in [0.717, 1.165) is 17.0 Å². The summed E-state index contributed by atoms with van der Waals surface area (Å²) in [6, 6.07) is 16.4. The van der Waals surface area contributed by atoms with Crippen molar-refractivity contribution in [1.29, 1.82) is 0 Å². The smallest absolute Gasteiger partial charge is 0.284 e. The second kappa shape index (κ2) is 9.76. The molecule has 5 nitrogen and oxygen atoms in total. The molecule has 0 aliphatic heterocycles. The first-order valence-corrected chi connectivity index (χ1v) is 8.49. The molecule has 25 heavy (non-hydrogen) atoms. The van der Waals surface area contributed by atoms with Gasteiger partial charge in [-0.1, -0.05) is 37.3 Å². The Labute approximate surface area is 153 Å². The van der Waals surface area contributed by atoms with Crippen molar-refractivity contribution in [1.82, 2.24) is 10.4 Å². The number of amides is 1. The molecule has 0 unspecified atom stereocenters. The number of rotatable bonds is 7. The van der Waals surface area contributed by atoms with Crippen LogP contribution in [-0.2, 0) is 11.4 Å². The normalized spacial score (nSPS) is 10.2. The first kappa shape index (κ1) is 18.9. The molecule has 0 saturated heterocycles. The molecule has 0 saturated carbocycles. The average Bonchev–Trinajstić information content (AvgIpc) is 2.67. The van der Waals surface area contributed by atoms with Gasteiger partial charge in [-0.15, -0.1) is 0 Å². The van der Waals surface area contributed by atoms with E-state index >= 15 is 0 Å². The van der Waals surface area contributed by atoms with E-state index in [4.69, 9.17) is 21.8 Å². The molecule has 2 rings (SSSR count). The number of hydrogen-bond acceptors (Lipinski definition) is 4. The van der Waals surface area contributed by atoms with Crippen molar-refractivity contribution in [3.8, 4) is 5.75 Å². The summed E-state index contributed by atoms with van der Waals surface area (Å²) in [5, 5.41) is 4.42. The van der Waals surface area contributed by atoms with E-state index in [1.165, 1.54) is 0 Å². The lowest BCUT2D eigenvalue weighted by atomic mass is 10.2.